The Kier molecular flexibility index (Phi) is 4.83. The van der Waals surface area contributed by atoms with E-state index in [4.69, 9.17) is 0 Å². The van der Waals surface area contributed by atoms with Crippen LogP contribution in [0.4, 0.5) is 10.1 Å². The van der Waals surface area contributed by atoms with Crippen LogP contribution in [0.3, 0.4) is 0 Å². The standard InChI is InChI=1S/C20H21FN2O2/c1-14(15-5-9-17(21)10-6-15)22(2)20(25)16-7-11-18(12-8-16)23-13-3-4-19(23)24/h5-12,14H,3-4,13H2,1-2H3. The second-order valence-corrected chi connectivity index (χ2v) is 6.34. The van der Waals surface area contributed by atoms with Crippen LogP contribution in [0.25, 0.3) is 0 Å². The summed E-state index contributed by atoms with van der Waals surface area (Å²) in [7, 11) is 1.73. The second-order valence-electron chi connectivity index (χ2n) is 6.34. The van der Waals surface area contributed by atoms with Gasteiger partial charge in [-0.25, -0.2) is 4.39 Å². The zero-order chi connectivity index (χ0) is 18.0. The topological polar surface area (TPSA) is 40.6 Å². The van der Waals surface area contributed by atoms with E-state index in [0.29, 0.717) is 12.0 Å². The first kappa shape index (κ1) is 17.1. The molecule has 0 aliphatic carbocycles. The van der Waals surface area contributed by atoms with Gasteiger partial charge in [-0.1, -0.05) is 12.1 Å². The van der Waals surface area contributed by atoms with Crippen molar-refractivity contribution in [2.24, 2.45) is 0 Å². The maximum absolute atomic E-state index is 13.1. The normalized spacial score (nSPS) is 15.3. The minimum atomic E-state index is -0.294. The van der Waals surface area contributed by atoms with Crippen molar-refractivity contribution in [3.63, 3.8) is 0 Å². The first-order valence-corrected chi connectivity index (χ1v) is 8.40. The van der Waals surface area contributed by atoms with Gasteiger partial charge in [0.25, 0.3) is 5.91 Å². The fourth-order valence-electron chi connectivity index (χ4n) is 3.05. The Labute approximate surface area is 146 Å². The molecule has 0 aromatic heterocycles. The summed E-state index contributed by atoms with van der Waals surface area (Å²) in [5, 5.41) is 0. The Morgan fingerprint density at radius 3 is 2.32 bits per heavy atom. The quantitative estimate of drug-likeness (QED) is 0.850. The molecule has 2 amide bonds. The third-order valence-corrected chi connectivity index (χ3v) is 4.75. The monoisotopic (exact) mass is 340 g/mol. The van der Waals surface area contributed by atoms with E-state index in [-0.39, 0.29) is 23.7 Å². The highest BCUT2D eigenvalue weighted by molar-refractivity contribution is 5.97. The van der Waals surface area contributed by atoms with Crippen molar-refractivity contribution in [1.82, 2.24) is 4.90 Å². The van der Waals surface area contributed by atoms with E-state index < -0.39 is 0 Å². The average molecular weight is 340 g/mol. The Bertz CT molecular complexity index is 771. The minimum absolute atomic E-state index is 0.115. The molecule has 1 aliphatic heterocycles. The molecule has 3 rings (SSSR count). The molecule has 1 saturated heterocycles. The van der Waals surface area contributed by atoms with Gasteiger partial charge in [-0.2, -0.15) is 0 Å². The number of carbonyl (C=O) groups is 2. The summed E-state index contributed by atoms with van der Waals surface area (Å²) < 4.78 is 13.1. The van der Waals surface area contributed by atoms with Gasteiger partial charge in [-0.3, -0.25) is 9.59 Å². The van der Waals surface area contributed by atoms with Crippen molar-refractivity contribution in [3.8, 4) is 0 Å². The molecule has 4 nitrogen and oxygen atoms in total. The van der Waals surface area contributed by atoms with Gasteiger partial charge in [0.05, 0.1) is 6.04 Å². The largest absolute Gasteiger partial charge is 0.335 e. The Morgan fingerprint density at radius 1 is 1.12 bits per heavy atom. The summed E-state index contributed by atoms with van der Waals surface area (Å²) >= 11 is 0. The smallest absolute Gasteiger partial charge is 0.254 e. The molecule has 2 aromatic carbocycles. The van der Waals surface area contributed by atoms with Crippen LogP contribution in [0.15, 0.2) is 48.5 Å². The molecule has 2 aromatic rings. The number of hydrogen-bond acceptors (Lipinski definition) is 2. The summed E-state index contributed by atoms with van der Waals surface area (Å²) in [6, 6.07) is 13.1. The number of hydrogen-bond donors (Lipinski definition) is 0. The molecule has 1 heterocycles. The lowest BCUT2D eigenvalue weighted by atomic mass is 10.1. The Hall–Kier alpha value is -2.69. The van der Waals surface area contributed by atoms with Crippen molar-refractivity contribution in [1.29, 1.82) is 0 Å². The van der Waals surface area contributed by atoms with Crippen molar-refractivity contribution < 1.29 is 14.0 Å². The van der Waals surface area contributed by atoms with E-state index in [1.165, 1.54) is 12.1 Å². The van der Waals surface area contributed by atoms with Gasteiger partial charge in [0.1, 0.15) is 5.82 Å². The van der Waals surface area contributed by atoms with Crippen molar-refractivity contribution >= 4 is 17.5 Å². The van der Waals surface area contributed by atoms with E-state index in [9.17, 15) is 14.0 Å². The third-order valence-electron chi connectivity index (χ3n) is 4.75. The van der Waals surface area contributed by atoms with Crippen LogP contribution in [-0.4, -0.2) is 30.3 Å². The highest BCUT2D eigenvalue weighted by atomic mass is 19.1. The lowest BCUT2D eigenvalue weighted by molar-refractivity contribution is -0.117. The molecule has 1 atom stereocenters. The van der Waals surface area contributed by atoms with Crippen LogP contribution in [0.5, 0.6) is 0 Å². The van der Waals surface area contributed by atoms with Crippen molar-refractivity contribution in [2.45, 2.75) is 25.8 Å². The zero-order valence-electron chi connectivity index (χ0n) is 14.4. The summed E-state index contributed by atoms with van der Waals surface area (Å²) in [6.07, 6.45) is 1.45. The van der Waals surface area contributed by atoms with E-state index in [0.717, 1.165) is 24.2 Å². The maximum atomic E-state index is 13.1. The van der Waals surface area contributed by atoms with Crippen LogP contribution in [0.2, 0.25) is 0 Å². The van der Waals surface area contributed by atoms with E-state index in [1.54, 1.807) is 41.1 Å². The molecule has 1 aliphatic rings. The fraction of sp³-hybridized carbons (Fsp3) is 0.300. The maximum Gasteiger partial charge on any atom is 0.254 e. The number of rotatable bonds is 4. The van der Waals surface area contributed by atoms with Gasteiger partial charge >= 0.3 is 0 Å². The van der Waals surface area contributed by atoms with Crippen molar-refractivity contribution in [3.05, 3.63) is 65.5 Å². The third kappa shape index (κ3) is 3.55. The van der Waals surface area contributed by atoms with Gasteiger partial charge in [-0.05, 0) is 55.3 Å². The van der Waals surface area contributed by atoms with Crippen LogP contribution < -0.4 is 4.90 Å². The molecule has 0 spiro atoms. The highest BCUT2D eigenvalue weighted by Gasteiger charge is 2.23. The lowest BCUT2D eigenvalue weighted by Crippen LogP contribution is -2.29. The summed E-state index contributed by atoms with van der Waals surface area (Å²) in [5.74, 6) is -0.283. The van der Waals surface area contributed by atoms with E-state index in [1.807, 2.05) is 19.1 Å². The number of nitrogens with zero attached hydrogens (tertiary/aromatic N) is 2. The van der Waals surface area contributed by atoms with E-state index >= 15 is 0 Å². The van der Waals surface area contributed by atoms with Crippen LogP contribution >= 0.6 is 0 Å². The van der Waals surface area contributed by atoms with Crippen molar-refractivity contribution in [2.75, 3.05) is 18.5 Å². The molecular formula is C20H21FN2O2. The fourth-order valence-corrected chi connectivity index (χ4v) is 3.05. The number of carbonyl (C=O) groups excluding carboxylic acids is 2. The predicted octanol–water partition coefficient (Wildman–Crippen LogP) is 3.79. The summed E-state index contributed by atoms with van der Waals surface area (Å²) in [6.45, 7) is 2.63. The minimum Gasteiger partial charge on any atom is -0.335 e. The average Bonchev–Trinajstić information content (AvgIpc) is 3.06. The predicted molar refractivity (Wildman–Crippen MR) is 94.9 cm³/mol. The second kappa shape index (κ2) is 7.05. The summed E-state index contributed by atoms with van der Waals surface area (Å²) in [4.78, 5) is 27.9. The first-order chi connectivity index (χ1) is 12.0. The molecule has 1 unspecified atom stereocenters. The number of benzene rings is 2. The van der Waals surface area contributed by atoms with Gasteiger partial charge < -0.3 is 9.80 Å². The van der Waals surface area contributed by atoms with Gasteiger partial charge in [0.15, 0.2) is 0 Å². The van der Waals surface area contributed by atoms with Crippen LogP contribution in [0.1, 0.15) is 41.7 Å². The Morgan fingerprint density at radius 2 is 1.76 bits per heavy atom. The summed E-state index contributed by atoms with van der Waals surface area (Å²) in [5.41, 5.74) is 2.26. The molecule has 0 radical (unpaired) electrons. The molecule has 0 saturated carbocycles. The van der Waals surface area contributed by atoms with Gasteiger partial charge in [-0.15, -0.1) is 0 Å². The molecule has 0 N–H and O–H groups in total. The van der Waals surface area contributed by atoms with Crippen LogP contribution in [-0.2, 0) is 4.79 Å². The zero-order valence-corrected chi connectivity index (χ0v) is 14.4. The molecular weight excluding hydrogens is 319 g/mol. The SMILES string of the molecule is CC(c1ccc(F)cc1)N(C)C(=O)c1ccc(N2CCCC2=O)cc1. The molecule has 1 fully saturated rings. The van der Waals surface area contributed by atoms with Crippen LogP contribution in [0, 0.1) is 5.82 Å². The van der Waals surface area contributed by atoms with Gasteiger partial charge in [0.2, 0.25) is 5.91 Å². The highest BCUT2D eigenvalue weighted by Crippen LogP contribution is 2.24. The molecule has 25 heavy (non-hydrogen) atoms. The number of halogens is 1. The number of anilines is 1. The van der Waals surface area contributed by atoms with E-state index in [2.05, 4.69) is 0 Å². The molecule has 5 heteroatoms. The lowest BCUT2D eigenvalue weighted by Gasteiger charge is -2.26. The molecule has 130 valence electrons. The van der Waals surface area contributed by atoms with Gasteiger partial charge in [0, 0.05) is 31.3 Å². The molecule has 0 bridgehead atoms. The first-order valence-electron chi connectivity index (χ1n) is 8.40. The Balaban J connectivity index is 1.73. The number of amides is 2.